The average Bonchev–Trinajstić information content (AvgIpc) is 2.72. The predicted molar refractivity (Wildman–Crippen MR) is 111 cm³/mol. The number of H-pyrrole nitrogens is 2. The summed E-state index contributed by atoms with van der Waals surface area (Å²) in [5.41, 5.74) is -1.06. The fraction of sp³-hybridized carbons (Fsp3) is 0.263. The number of aromatic amines is 2. The minimum Gasteiger partial charge on any atom is -0.434 e. The number of hydrogen-bond donors (Lipinski definition) is 2. The number of nitriles is 1. The standard InChI is InChI=1S/C19H14Cl2N6O4/c1-8-3-2-4-10-14(8)17(29)24-25-18(10)31-15-11(20)5-9(6-12(15)21)27-19(30)23-16(28)13(7-22)26-27/h5-6,8H,2-4H2,1H3,(H,24,29)(H,23,28,30)/t8-/m1/s1. The van der Waals surface area contributed by atoms with E-state index in [1.54, 1.807) is 6.07 Å². The SMILES string of the molecule is C[C@@H]1CCCc2c(Oc3c(Cl)cc(-n4nc(C#N)c(=O)[nH]c4=O)cc3Cl)n[nH]c(=O)c21. The molecule has 158 valence electrons. The maximum Gasteiger partial charge on any atom is 0.349 e. The average molecular weight is 461 g/mol. The molecular weight excluding hydrogens is 447 g/mol. The Labute approximate surface area is 184 Å². The van der Waals surface area contributed by atoms with E-state index in [0.29, 0.717) is 17.5 Å². The third kappa shape index (κ3) is 3.73. The molecule has 0 saturated carbocycles. The Morgan fingerprint density at radius 2 is 1.94 bits per heavy atom. The van der Waals surface area contributed by atoms with Crippen LogP contribution in [0, 0.1) is 11.3 Å². The lowest BCUT2D eigenvalue weighted by atomic mass is 9.85. The lowest BCUT2D eigenvalue weighted by Gasteiger charge is -2.22. The van der Waals surface area contributed by atoms with Gasteiger partial charge in [0.25, 0.3) is 11.1 Å². The van der Waals surface area contributed by atoms with Crippen LogP contribution in [0.2, 0.25) is 10.0 Å². The van der Waals surface area contributed by atoms with Crippen molar-refractivity contribution in [2.45, 2.75) is 32.1 Å². The summed E-state index contributed by atoms with van der Waals surface area (Å²) in [6, 6.07) is 4.29. The maximum absolute atomic E-state index is 12.2. The van der Waals surface area contributed by atoms with Crippen LogP contribution >= 0.6 is 23.2 Å². The zero-order valence-electron chi connectivity index (χ0n) is 16.0. The molecule has 0 spiro atoms. The first-order valence-electron chi connectivity index (χ1n) is 9.22. The van der Waals surface area contributed by atoms with Gasteiger partial charge in [-0.15, -0.1) is 10.2 Å². The molecule has 2 N–H and O–H groups in total. The minimum absolute atomic E-state index is 0.0338. The van der Waals surface area contributed by atoms with Gasteiger partial charge >= 0.3 is 5.69 Å². The van der Waals surface area contributed by atoms with Crippen LogP contribution in [0.1, 0.15) is 42.5 Å². The number of ether oxygens (including phenoxy) is 1. The van der Waals surface area contributed by atoms with Gasteiger partial charge in [0, 0.05) is 11.1 Å². The van der Waals surface area contributed by atoms with E-state index in [0.717, 1.165) is 17.5 Å². The fourth-order valence-corrected chi connectivity index (χ4v) is 4.12. The van der Waals surface area contributed by atoms with Crippen LogP contribution in [-0.2, 0) is 6.42 Å². The number of hydrogen-bond acceptors (Lipinski definition) is 7. The smallest absolute Gasteiger partial charge is 0.349 e. The molecule has 1 aliphatic carbocycles. The molecule has 12 heteroatoms. The molecule has 0 fully saturated rings. The summed E-state index contributed by atoms with van der Waals surface area (Å²) < 4.78 is 6.66. The minimum atomic E-state index is -0.899. The fourth-order valence-electron chi connectivity index (χ4n) is 3.57. The molecule has 10 nitrogen and oxygen atoms in total. The van der Waals surface area contributed by atoms with E-state index < -0.39 is 16.9 Å². The van der Waals surface area contributed by atoms with Gasteiger partial charge in [-0.3, -0.25) is 14.6 Å². The molecule has 2 aromatic heterocycles. The first kappa shape index (κ1) is 20.8. The van der Waals surface area contributed by atoms with Crippen molar-refractivity contribution in [3.63, 3.8) is 0 Å². The molecule has 4 rings (SSSR count). The van der Waals surface area contributed by atoms with Gasteiger partial charge in [-0.2, -0.15) is 9.94 Å². The van der Waals surface area contributed by atoms with Gasteiger partial charge in [-0.1, -0.05) is 30.1 Å². The molecule has 3 aromatic rings. The Kier molecular flexibility index (Phi) is 5.39. The van der Waals surface area contributed by atoms with E-state index in [1.807, 2.05) is 11.9 Å². The molecule has 0 aliphatic heterocycles. The number of benzene rings is 1. The lowest BCUT2D eigenvalue weighted by Crippen LogP contribution is -2.33. The van der Waals surface area contributed by atoms with Crippen molar-refractivity contribution >= 4 is 23.2 Å². The van der Waals surface area contributed by atoms with E-state index in [-0.39, 0.29) is 38.8 Å². The van der Waals surface area contributed by atoms with Crippen molar-refractivity contribution in [3.05, 3.63) is 70.2 Å². The Morgan fingerprint density at radius 3 is 2.61 bits per heavy atom. The zero-order valence-corrected chi connectivity index (χ0v) is 17.5. The Hall–Kier alpha value is -3.42. The number of fused-ring (bicyclic) bond motifs is 1. The van der Waals surface area contributed by atoms with Gasteiger partial charge in [0.1, 0.15) is 6.07 Å². The second-order valence-corrected chi connectivity index (χ2v) is 7.83. The number of aromatic nitrogens is 5. The quantitative estimate of drug-likeness (QED) is 0.609. The first-order chi connectivity index (χ1) is 14.8. The van der Waals surface area contributed by atoms with Crippen LogP contribution in [0.5, 0.6) is 11.6 Å². The summed E-state index contributed by atoms with van der Waals surface area (Å²) in [6.07, 6.45) is 2.41. The zero-order chi connectivity index (χ0) is 22.3. The summed E-state index contributed by atoms with van der Waals surface area (Å²) in [5, 5.41) is 19.2. The molecule has 2 heterocycles. The van der Waals surface area contributed by atoms with Gasteiger partial charge < -0.3 is 4.74 Å². The molecule has 1 atom stereocenters. The highest BCUT2D eigenvalue weighted by Gasteiger charge is 2.25. The van der Waals surface area contributed by atoms with Gasteiger partial charge in [0.15, 0.2) is 5.75 Å². The normalized spacial score (nSPS) is 15.2. The molecule has 0 unspecified atom stereocenters. The van der Waals surface area contributed by atoms with Crippen LogP contribution in [0.4, 0.5) is 0 Å². The molecule has 1 aliphatic rings. The van der Waals surface area contributed by atoms with E-state index in [1.165, 1.54) is 12.1 Å². The van der Waals surface area contributed by atoms with Crippen LogP contribution in [0.25, 0.3) is 5.69 Å². The van der Waals surface area contributed by atoms with E-state index in [9.17, 15) is 14.4 Å². The Balaban J connectivity index is 1.78. The van der Waals surface area contributed by atoms with Crippen LogP contribution in [0.15, 0.2) is 26.5 Å². The summed E-state index contributed by atoms with van der Waals surface area (Å²) in [4.78, 5) is 37.9. The maximum atomic E-state index is 12.2. The molecule has 0 radical (unpaired) electrons. The molecule has 0 saturated heterocycles. The topological polar surface area (TPSA) is 147 Å². The van der Waals surface area contributed by atoms with E-state index in [2.05, 4.69) is 15.3 Å². The Bertz CT molecular complexity index is 1400. The highest BCUT2D eigenvalue weighted by molar-refractivity contribution is 6.37. The largest absolute Gasteiger partial charge is 0.434 e. The summed E-state index contributed by atoms with van der Waals surface area (Å²) in [7, 11) is 0. The van der Waals surface area contributed by atoms with Gasteiger partial charge in [-0.05, 0) is 37.3 Å². The van der Waals surface area contributed by atoms with E-state index in [4.69, 9.17) is 33.2 Å². The lowest BCUT2D eigenvalue weighted by molar-refractivity contribution is 0.435. The molecule has 1 aromatic carbocycles. The first-order valence-corrected chi connectivity index (χ1v) is 9.98. The van der Waals surface area contributed by atoms with Gasteiger partial charge in [0.2, 0.25) is 11.6 Å². The third-order valence-electron chi connectivity index (χ3n) is 5.00. The van der Waals surface area contributed by atoms with Gasteiger partial charge in [-0.25, -0.2) is 9.89 Å². The number of halogens is 2. The molecule has 0 amide bonds. The van der Waals surface area contributed by atoms with E-state index >= 15 is 0 Å². The van der Waals surface area contributed by atoms with Crippen LogP contribution in [0.3, 0.4) is 0 Å². The second kappa shape index (κ2) is 8.02. The Morgan fingerprint density at radius 1 is 1.23 bits per heavy atom. The predicted octanol–water partition coefficient (Wildman–Crippen LogP) is 2.41. The van der Waals surface area contributed by atoms with Crippen molar-refractivity contribution in [1.29, 1.82) is 5.26 Å². The highest BCUT2D eigenvalue weighted by atomic mass is 35.5. The third-order valence-corrected chi connectivity index (χ3v) is 5.57. The molecular formula is C19H14Cl2N6O4. The molecule has 31 heavy (non-hydrogen) atoms. The summed E-state index contributed by atoms with van der Waals surface area (Å²) in [5.74, 6) is 0.340. The van der Waals surface area contributed by atoms with Crippen molar-refractivity contribution in [1.82, 2.24) is 25.0 Å². The van der Waals surface area contributed by atoms with Gasteiger partial charge in [0.05, 0.1) is 15.7 Å². The highest BCUT2D eigenvalue weighted by Crippen LogP contribution is 2.40. The van der Waals surface area contributed by atoms with Crippen molar-refractivity contribution < 1.29 is 4.74 Å². The van der Waals surface area contributed by atoms with Crippen LogP contribution < -0.4 is 21.5 Å². The van der Waals surface area contributed by atoms with Crippen molar-refractivity contribution in [2.75, 3.05) is 0 Å². The number of rotatable bonds is 3. The van der Waals surface area contributed by atoms with Crippen molar-refractivity contribution in [3.8, 4) is 23.4 Å². The number of nitrogens with zero attached hydrogens (tertiary/aromatic N) is 4. The van der Waals surface area contributed by atoms with Crippen LogP contribution in [-0.4, -0.2) is 25.0 Å². The summed E-state index contributed by atoms with van der Waals surface area (Å²) in [6.45, 7) is 1.97. The van der Waals surface area contributed by atoms with Crippen molar-refractivity contribution in [2.24, 2.45) is 0 Å². The summed E-state index contributed by atoms with van der Waals surface area (Å²) >= 11 is 12.7. The second-order valence-electron chi connectivity index (χ2n) is 7.02. The molecule has 0 bridgehead atoms. The monoisotopic (exact) mass is 460 g/mol. The number of nitrogens with one attached hydrogen (secondary N) is 2.